The lowest BCUT2D eigenvalue weighted by atomic mass is 10.0. The standard InChI is InChI=1S/C65H112O6/c1-4-7-10-13-16-19-22-24-26-27-28-29-30-31-32-33-34-35-36-37-39-40-43-46-49-52-55-58-64(67)70-61-62(60-69-63(66)57-54-51-48-45-42-21-18-15-12-9-6-3)71-65(68)59-56-53-50-47-44-41-38-25-23-20-17-14-11-8-5-2/h8,11,15,17-18,20,22,24-25,27-28,30-31,38,62H,4-7,9-10,12-14,16,19,21,23,26,29,32-37,39-61H2,1-3H3/b11-8-,18-15-,20-17-,24-22-,28-27-,31-30-,38-25-. The van der Waals surface area contributed by atoms with E-state index < -0.39 is 6.10 Å². The van der Waals surface area contributed by atoms with E-state index in [0.29, 0.717) is 19.3 Å². The van der Waals surface area contributed by atoms with E-state index in [1.165, 1.54) is 135 Å². The quantitative estimate of drug-likeness (QED) is 0.0261. The Hall–Kier alpha value is -3.41. The molecular formula is C65H112O6. The van der Waals surface area contributed by atoms with Gasteiger partial charge in [-0.1, -0.05) is 247 Å². The van der Waals surface area contributed by atoms with E-state index in [0.717, 1.165) is 116 Å². The largest absolute Gasteiger partial charge is 0.462 e. The minimum atomic E-state index is -0.789. The second-order valence-electron chi connectivity index (χ2n) is 19.9. The van der Waals surface area contributed by atoms with Crippen LogP contribution in [0, 0.1) is 0 Å². The van der Waals surface area contributed by atoms with E-state index in [1.807, 2.05) is 0 Å². The maximum atomic E-state index is 12.8. The van der Waals surface area contributed by atoms with Gasteiger partial charge in [-0.15, -0.1) is 0 Å². The third-order valence-electron chi connectivity index (χ3n) is 12.9. The van der Waals surface area contributed by atoms with Crippen LogP contribution in [0.15, 0.2) is 85.1 Å². The van der Waals surface area contributed by atoms with Crippen molar-refractivity contribution >= 4 is 17.9 Å². The molecule has 408 valence electrons. The van der Waals surface area contributed by atoms with Crippen molar-refractivity contribution in [1.29, 1.82) is 0 Å². The molecule has 6 nitrogen and oxygen atoms in total. The third kappa shape index (κ3) is 57.4. The number of esters is 3. The Morgan fingerprint density at radius 2 is 0.563 bits per heavy atom. The van der Waals surface area contributed by atoms with Crippen LogP contribution in [0.1, 0.15) is 290 Å². The van der Waals surface area contributed by atoms with Crippen LogP contribution < -0.4 is 0 Å². The molecule has 0 N–H and O–H groups in total. The molecule has 6 heteroatoms. The number of rotatable bonds is 54. The molecule has 0 aliphatic rings. The van der Waals surface area contributed by atoms with Crippen LogP contribution in [-0.4, -0.2) is 37.2 Å². The van der Waals surface area contributed by atoms with Crippen molar-refractivity contribution in [3.8, 4) is 0 Å². The highest BCUT2D eigenvalue weighted by Gasteiger charge is 2.19. The highest BCUT2D eigenvalue weighted by Crippen LogP contribution is 2.15. The van der Waals surface area contributed by atoms with Gasteiger partial charge >= 0.3 is 17.9 Å². The minimum Gasteiger partial charge on any atom is -0.462 e. The average molecular weight is 990 g/mol. The summed E-state index contributed by atoms with van der Waals surface area (Å²) in [6.07, 6.45) is 77.3. The first kappa shape index (κ1) is 67.6. The van der Waals surface area contributed by atoms with Crippen LogP contribution in [0.5, 0.6) is 0 Å². The van der Waals surface area contributed by atoms with Crippen molar-refractivity contribution in [1.82, 2.24) is 0 Å². The Balaban J connectivity index is 4.24. The molecule has 0 radical (unpaired) electrons. The predicted molar refractivity (Wildman–Crippen MR) is 307 cm³/mol. The van der Waals surface area contributed by atoms with E-state index >= 15 is 0 Å². The lowest BCUT2D eigenvalue weighted by molar-refractivity contribution is -0.167. The molecule has 0 rings (SSSR count). The molecule has 0 saturated carbocycles. The molecular weight excluding hydrogens is 877 g/mol. The average Bonchev–Trinajstić information content (AvgIpc) is 3.37. The Kier molecular flexibility index (Phi) is 56.3. The van der Waals surface area contributed by atoms with E-state index in [2.05, 4.69) is 106 Å². The molecule has 0 aliphatic heterocycles. The maximum absolute atomic E-state index is 12.8. The zero-order valence-electron chi connectivity index (χ0n) is 46.7. The Bertz CT molecular complexity index is 1370. The number of allylic oxidation sites excluding steroid dienone is 14. The first-order chi connectivity index (χ1) is 35.0. The van der Waals surface area contributed by atoms with Gasteiger partial charge in [-0.05, 0) is 109 Å². The SMILES string of the molecule is CC/C=C\C/C=C\C/C=C\CCCCCCCC(=O)OC(COC(=O)CCCCCCC/C=C\CCCC)COC(=O)CCCCCCCCCCCCCC/C=C\C/C=C\C/C=C\CCCCCCC. The fourth-order valence-electron chi connectivity index (χ4n) is 8.33. The molecule has 0 aliphatic carbocycles. The fourth-order valence-corrected chi connectivity index (χ4v) is 8.33. The van der Waals surface area contributed by atoms with Crippen molar-refractivity contribution in [2.45, 2.75) is 297 Å². The van der Waals surface area contributed by atoms with Gasteiger partial charge in [0.25, 0.3) is 0 Å². The van der Waals surface area contributed by atoms with Crippen molar-refractivity contribution in [3.05, 3.63) is 85.1 Å². The molecule has 1 atom stereocenters. The Morgan fingerprint density at radius 3 is 0.915 bits per heavy atom. The number of carbonyl (C=O) groups is 3. The molecule has 0 aromatic heterocycles. The van der Waals surface area contributed by atoms with Gasteiger partial charge in [0.15, 0.2) is 6.10 Å². The van der Waals surface area contributed by atoms with Crippen molar-refractivity contribution in [3.63, 3.8) is 0 Å². The number of unbranched alkanes of at least 4 members (excludes halogenated alkanes) is 29. The van der Waals surface area contributed by atoms with Gasteiger partial charge in [-0.3, -0.25) is 14.4 Å². The van der Waals surface area contributed by atoms with Crippen molar-refractivity contribution in [2.75, 3.05) is 13.2 Å². The van der Waals surface area contributed by atoms with Gasteiger partial charge in [0, 0.05) is 19.3 Å². The van der Waals surface area contributed by atoms with Gasteiger partial charge < -0.3 is 14.2 Å². The molecule has 0 aromatic carbocycles. The van der Waals surface area contributed by atoms with Crippen LogP contribution in [0.3, 0.4) is 0 Å². The molecule has 0 spiro atoms. The number of carbonyl (C=O) groups excluding carboxylic acids is 3. The van der Waals surface area contributed by atoms with Gasteiger partial charge in [-0.2, -0.15) is 0 Å². The summed E-state index contributed by atoms with van der Waals surface area (Å²) in [4.78, 5) is 38.1. The number of hydrogen-bond acceptors (Lipinski definition) is 6. The van der Waals surface area contributed by atoms with E-state index in [9.17, 15) is 14.4 Å². The van der Waals surface area contributed by atoms with Crippen LogP contribution in [0.2, 0.25) is 0 Å². The molecule has 0 heterocycles. The molecule has 1 unspecified atom stereocenters. The molecule has 0 aromatic rings. The molecule has 0 saturated heterocycles. The third-order valence-corrected chi connectivity index (χ3v) is 12.9. The second-order valence-corrected chi connectivity index (χ2v) is 19.9. The van der Waals surface area contributed by atoms with E-state index in [1.54, 1.807) is 0 Å². The van der Waals surface area contributed by atoms with Crippen LogP contribution in [0.25, 0.3) is 0 Å². The highest BCUT2D eigenvalue weighted by molar-refractivity contribution is 5.71. The monoisotopic (exact) mass is 989 g/mol. The predicted octanol–water partition coefficient (Wildman–Crippen LogP) is 20.3. The van der Waals surface area contributed by atoms with Gasteiger partial charge in [0.2, 0.25) is 0 Å². The minimum absolute atomic E-state index is 0.0867. The number of ether oxygens (including phenoxy) is 3. The summed E-state index contributed by atoms with van der Waals surface area (Å²) >= 11 is 0. The van der Waals surface area contributed by atoms with Crippen LogP contribution >= 0.6 is 0 Å². The summed E-state index contributed by atoms with van der Waals surface area (Å²) in [6.45, 7) is 6.47. The summed E-state index contributed by atoms with van der Waals surface area (Å²) in [5, 5.41) is 0. The molecule has 71 heavy (non-hydrogen) atoms. The molecule has 0 amide bonds. The van der Waals surface area contributed by atoms with Gasteiger partial charge in [-0.25, -0.2) is 0 Å². The fraction of sp³-hybridized carbons (Fsp3) is 0.738. The zero-order valence-corrected chi connectivity index (χ0v) is 46.7. The smallest absolute Gasteiger partial charge is 0.306 e. The molecule has 0 fully saturated rings. The molecule has 0 bridgehead atoms. The highest BCUT2D eigenvalue weighted by atomic mass is 16.6. The van der Waals surface area contributed by atoms with E-state index in [-0.39, 0.29) is 31.1 Å². The summed E-state index contributed by atoms with van der Waals surface area (Å²) in [5.41, 5.74) is 0. The normalized spacial score (nSPS) is 12.7. The van der Waals surface area contributed by atoms with E-state index in [4.69, 9.17) is 14.2 Å². The summed E-state index contributed by atoms with van der Waals surface area (Å²) in [6, 6.07) is 0. The number of hydrogen-bond donors (Lipinski definition) is 0. The lowest BCUT2D eigenvalue weighted by Crippen LogP contribution is -2.30. The summed E-state index contributed by atoms with van der Waals surface area (Å²) < 4.78 is 16.8. The summed E-state index contributed by atoms with van der Waals surface area (Å²) in [7, 11) is 0. The van der Waals surface area contributed by atoms with Crippen molar-refractivity contribution < 1.29 is 28.6 Å². The Labute approximate surface area is 439 Å². The maximum Gasteiger partial charge on any atom is 0.306 e. The van der Waals surface area contributed by atoms with Crippen molar-refractivity contribution in [2.24, 2.45) is 0 Å². The Morgan fingerprint density at radius 1 is 0.296 bits per heavy atom. The van der Waals surface area contributed by atoms with Gasteiger partial charge in [0.1, 0.15) is 13.2 Å². The lowest BCUT2D eigenvalue weighted by Gasteiger charge is -2.18. The van der Waals surface area contributed by atoms with Gasteiger partial charge in [0.05, 0.1) is 0 Å². The first-order valence-corrected chi connectivity index (χ1v) is 30.1. The van der Waals surface area contributed by atoms with Crippen LogP contribution in [0.4, 0.5) is 0 Å². The summed E-state index contributed by atoms with van der Waals surface area (Å²) in [5.74, 6) is -0.910. The first-order valence-electron chi connectivity index (χ1n) is 30.1. The second kappa shape index (κ2) is 59.2. The zero-order chi connectivity index (χ0) is 51.4. The topological polar surface area (TPSA) is 78.9 Å². The van der Waals surface area contributed by atoms with Crippen LogP contribution in [-0.2, 0) is 28.6 Å².